The summed E-state index contributed by atoms with van der Waals surface area (Å²) in [5, 5.41) is 0.237. The fourth-order valence-electron chi connectivity index (χ4n) is 2.14. The van der Waals surface area contributed by atoms with Gasteiger partial charge in [0.2, 0.25) is 0 Å². The van der Waals surface area contributed by atoms with Gasteiger partial charge in [-0.05, 0) is 37.4 Å². The summed E-state index contributed by atoms with van der Waals surface area (Å²) in [7, 11) is -1.70. The monoisotopic (exact) mass is 272 g/mol. The summed E-state index contributed by atoms with van der Waals surface area (Å²) in [5.41, 5.74) is 0. The Bertz CT molecular complexity index is 294. The van der Waals surface area contributed by atoms with E-state index in [1.165, 1.54) is 6.92 Å². The minimum absolute atomic E-state index is 0.0611. The van der Waals surface area contributed by atoms with Crippen LogP contribution in [0, 0.1) is 0 Å². The number of hydrogen-bond donors (Lipinski definition) is 0. The molecule has 0 radical (unpaired) electrons. The number of esters is 1. The standard InChI is InChI=1S/C14H28O3Si/c1-11(15)16-12-8-7-9-13(10-12)17-18(5,6)14(2,3)4/h12-13H,7-10H2,1-6H3. The summed E-state index contributed by atoms with van der Waals surface area (Å²) in [6.07, 6.45) is 4.37. The van der Waals surface area contributed by atoms with Crippen molar-refractivity contribution in [3.63, 3.8) is 0 Å². The molecule has 0 aromatic rings. The van der Waals surface area contributed by atoms with Crippen LogP contribution in [0.3, 0.4) is 0 Å². The molecule has 0 saturated heterocycles. The number of carbonyl (C=O) groups excluding carboxylic acids is 1. The quantitative estimate of drug-likeness (QED) is 0.577. The molecule has 1 aliphatic rings. The number of hydrogen-bond acceptors (Lipinski definition) is 3. The first-order valence-corrected chi connectivity index (χ1v) is 9.88. The number of rotatable bonds is 3. The molecule has 0 spiro atoms. The van der Waals surface area contributed by atoms with E-state index in [9.17, 15) is 4.79 Å². The Morgan fingerprint density at radius 3 is 2.22 bits per heavy atom. The van der Waals surface area contributed by atoms with E-state index in [-0.39, 0.29) is 23.2 Å². The molecule has 18 heavy (non-hydrogen) atoms. The molecule has 1 saturated carbocycles. The van der Waals surface area contributed by atoms with Gasteiger partial charge in [-0.2, -0.15) is 0 Å². The van der Waals surface area contributed by atoms with E-state index in [4.69, 9.17) is 9.16 Å². The average Bonchev–Trinajstić information content (AvgIpc) is 2.14. The molecule has 0 aliphatic heterocycles. The fraction of sp³-hybridized carbons (Fsp3) is 0.929. The van der Waals surface area contributed by atoms with E-state index in [1.807, 2.05) is 0 Å². The van der Waals surface area contributed by atoms with Gasteiger partial charge in [0.1, 0.15) is 6.10 Å². The van der Waals surface area contributed by atoms with Crippen LogP contribution >= 0.6 is 0 Å². The van der Waals surface area contributed by atoms with Gasteiger partial charge in [0, 0.05) is 19.4 Å². The zero-order valence-electron chi connectivity index (χ0n) is 12.7. The Morgan fingerprint density at radius 1 is 1.17 bits per heavy atom. The van der Waals surface area contributed by atoms with E-state index >= 15 is 0 Å². The minimum atomic E-state index is -1.70. The summed E-state index contributed by atoms with van der Waals surface area (Å²) in [4.78, 5) is 11.0. The highest BCUT2D eigenvalue weighted by atomic mass is 28.4. The fourth-order valence-corrected chi connectivity index (χ4v) is 3.55. The van der Waals surface area contributed by atoms with E-state index in [0.29, 0.717) is 0 Å². The summed E-state index contributed by atoms with van der Waals surface area (Å²) in [6.45, 7) is 12.8. The highest BCUT2D eigenvalue weighted by Crippen LogP contribution is 2.39. The highest BCUT2D eigenvalue weighted by Gasteiger charge is 2.40. The first kappa shape index (κ1) is 15.7. The molecule has 0 amide bonds. The lowest BCUT2D eigenvalue weighted by Crippen LogP contribution is -2.45. The van der Waals surface area contributed by atoms with Crippen LogP contribution in [0.15, 0.2) is 0 Å². The second-order valence-electron chi connectivity index (χ2n) is 6.90. The first-order chi connectivity index (χ1) is 8.12. The zero-order chi connectivity index (χ0) is 14.0. The van der Waals surface area contributed by atoms with Gasteiger partial charge in [-0.3, -0.25) is 4.79 Å². The van der Waals surface area contributed by atoms with Crippen LogP contribution in [0.4, 0.5) is 0 Å². The Morgan fingerprint density at radius 2 is 1.72 bits per heavy atom. The average molecular weight is 272 g/mol. The van der Waals surface area contributed by atoms with Crippen molar-refractivity contribution in [2.24, 2.45) is 0 Å². The van der Waals surface area contributed by atoms with Crippen LogP contribution in [0.5, 0.6) is 0 Å². The van der Waals surface area contributed by atoms with Crippen LogP contribution in [-0.4, -0.2) is 26.5 Å². The molecule has 0 heterocycles. The SMILES string of the molecule is CC(=O)OC1CCCC(O[Si](C)(C)C(C)(C)C)C1. The maximum Gasteiger partial charge on any atom is 0.302 e. The van der Waals surface area contributed by atoms with Gasteiger partial charge >= 0.3 is 5.97 Å². The molecule has 0 aromatic heterocycles. The van der Waals surface area contributed by atoms with Gasteiger partial charge in [-0.25, -0.2) is 0 Å². The molecule has 0 aromatic carbocycles. The van der Waals surface area contributed by atoms with Crippen molar-refractivity contribution in [1.29, 1.82) is 0 Å². The lowest BCUT2D eigenvalue weighted by atomic mass is 9.95. The Hall–Kier alpha value is -0.353. The first-order valence-electron chi connectivity index (χ1n) is 6.97. The largest absolute Gasteiger partial charge is 0.462 e. The molecule has 2 atom stereocenters. The highest BCUT2D eigenvalue weighted by molar-refractivity contribution is 6.74. The molecule has 3 nitrogen and oxygen atoms in total. The van der Waals surface area contributed by atoms with E-state index < -0.39 is 8.32 Å². The second kappa shape index (κ2) is 5.74. The molecule has 0 bridgehead atoms. The maximum absolute atomic E-state index is 11.0. The molecular weight excluding hydrogens is 244 g/mol. The molecule has 0 N–H and O–H groups in total. The predicted octanol–water partition coefficient (Wildman–Crippen LogP) is 3.88. The lowest BCUT2D eigenvalue weighted by molar-refractivity contribution is -0.149. The molecule has 1 rings (SSSR count). The van der Waals surface area contributed by atoms with Crippen molar-refractivity contribution in [3.8, 4) is 0 Å². The minimum Gasteiger partial charge on any atom is -0.462 e. The third-order valence-electron chi connectivity index (χ3n) is 4.18. The van der Waals surface area contributed by atoms with Crippen molar-refractivity contribution >= 4 is 14.3 Å². The summed E-state index contributed by atoms with van der Waals surface area (Å²) in [5.74, 6) is -0.173. The Balaban J connectivity index is 2.55. The molecule has 1 fully saturated rings. The van der Waals surface area contributed by atoms with Crippen molar-refractivity contribution < 1.29 is 14.0 Å². The maximum atomic E-state index is 11.0. The number of carbonyl (C=O) groups is 1. The summed E-state index contributed by atoms with van der Waals surface area (Å²) < 4.78 is 11.7. The second-order valence-corrected chi connectivity index (χ2v) is 11.7. The molecule has 1 aliphatic carbocycles. The van der Waals surface area contributed by atoms with Crippen LogP contribution in [0.1, 0.15) is 53.4 Å². The van der Waals surface area contributed by atoms with Crippen molar-refractivity contribution in [1.82, 2.24) is 0 Å². The third kappa shape index (κ3) is 4.39. The molecule has 4 heteroatoms. The Kier molecular flexibility index (Phi) is 5.01. The van der Waals surface area contributed by atoms with Gasteiger partial charge in [-0.1, -0.05) is 20.8 Å². The van der Waals surface area contributed by atoms with Crippen LogP contribution in [-0.2, 0) is 14.0 Å². The van der Waals surface area contributed by atoms with E-state index in [2.05, 4.69) is 33.9 Å². The normalized spacial score (nSPS) is 25.9. The van der Waals surface area contributed by atoms with Gasteiger partial charge in [0.25, 0.3) is 0 Å². The molecular formula is C14H28O3Si. The van der Waals surface area contributed by atoms with Crippen LogP contribution in [0.2, 0.25) is 18.1 Å². The summed E-state index contributed by atoms with van der Waals surface area (Å²) >= 11 is 0. The van der Waals surface area contributed by atoms with Gasteiger partial charge < -0.3 is 9.16 Å². The Labute approximate surface area is 112 Å². The van der Waals surface area contributed by atoms with Gasteiger partial charge in [0.05, 0.1) is 0 Å². The van der Waals surface area contributed by atoms with Crippen molar-refractivity contribution in [2.75, 3.05) is 0 Å². The molecule has 106 valence electrons. The smallest absolute Gasteiger partial charge is 0.302 e. The zero-order valence-corrected chi connectivity index (χ0v) is 13.7. The summed E-state index contributed by atoms with van der Waals surface area (Å²) in [6, 6.07) is 0. The van der Waals surface area contributed by atoms with Crippen molar-refractivity contribution in [2.45, 2.75) is 83.7 Å². The van der Waals surface area contributed by atoms with E-state index in [1.54, 1.807) is 0 Å². The lowest BCUT2D eigenvalue weighted by Gasteiger charge is -2.41. The topological polar surface area (TPSA) is 35.5 Å². The van der Waals surface area contributed by atoms with Crippen molar-refractivity contribution in [3.05, 3.63) is 0 Å². The number of ether oxygens (including phenoxy) is 1. The van der Waals surface area contributed by atoms with Gasteiger partial charge in [0.15, 0.2) is 8.32 Å². The molecule has 2 unspecified atom stereocenters. The predicted molar refractivity (Wildman–Crippen MR) is 76.1 cm³/mol. The van der Waals surface area contributed by atoms with E-state index in [0.717, 1.165) is 25.7 Å². The van der Waals surface area contributed by atoms with Crippen LogP contribution < -0.4 is 0 Å². The van der Waals surface area contributed by atoms with Gasteiger partial charge in [-0.15, -0.1) is 0 Å². The van der Waals surface area contributed by atoms with Crippen LogP contribution in [0.25, 0.3) is 0 Å². The third-order valence-corrected chi connectivity index (χ3v) is 8.71.